The van der Waals surface area contributed by atoms with Crippen molar-refractivity contribution in [2.45, 2.75) is 0 Å². The molecule has 0 saturated carbocycles. The molecule has 1 aromatic heterocycles. The summed E-state index contributed by atoms with van der Waals surface area (Å²) in [5.74, 6) is 0. The van der Waals surface area contributed by atoms with Crippen molar-refractivity contribution in [3.63, 3.8) is 0 Å². The molecule has 2 heterocycles. The molecule has 0 aliphatic carbocycles. The zero-order valence-electron chi connectivity index (χ0n) is 12.0. The Bertz CT molecular complexity index is 678. The summed E-state index contributed by atoms with van der Waals surface area (Å²) in [5.41, 5.74) is 0.879. The topological polar surface area (TPSA) is 58.6 Å². The molecular formula is C14H15ClN4O2S. The lowest BCUT2D eigenvalue weighted by Crippen LogP contribution is -2.33. The minimum absolute atomic E-state index is 0.248. The molecule has 0 radical (unpaired) electrons. The van der Waals surface area contributed by atoms with Gasteiger partial charge in [-0.2, -0.15) is 0 Å². The van der Waals surface area contributed by atoms with Crippen molar-refractivity contribution >= 4 is 34.2 Å². The maximum Gasteiger partial charge on any atom is 0.409 e. The van der Waals surface area contributed by atoms with E-state index >= 15 is 0 Å². The number of nitrogens with zero attached hydrogens (tertiary/aromatic N) is 4. The predicted octanol–water partition coefficient (Wildman–Crippen LogP) is 2.75. The third kappa shape index (κ3) is 3.15. The smallest absolute Gasteiger partial charge is 0.409 e. The van der Waals surface area contributed by atoms with Crippen LogP contribution in [0.2, 0.25) is 5.02 Å². The van der Waals surface area contributed by atoms with Gasteiger partial charge in [0.1, 0.15) is 6.61 Å². The van der Waals surface area contributed by atoms with Gasteiger partial charge in [0, 0.05) is 25.7 Å². The molecule has 1 amide bonds. The zero-order valence-corrected chi connectivity index (χ0v) is 13.6. The number of amides is 1. The first-order valence-corrected chi connectivity index (χ1v) is 8.06. The van der Waals surface area contributed by atoms with E-state index in [1.165, 1.54) is 11.3 Å². The summed E-state index contributed by atoms with van der Waals surface area (Å²) in [6, 6.07) is 7.56. The van der Waals surface area contributed by atoms with E-state index in [4.69, 9.17) is 16.3 Å². The minimum atomic E-state index is -0.248. The highest BCUT2D eigenvalue weighted by Crippen LogP contribution is 2.32. The van der Waals surface area contributed by atoms with Crippen LogP contribution in [0.4, 0.5) is 9.93 Å². The number of carbonyl (C=O) groups excluding carboxylic acids is 1. The zero-order chi connectivity index (χ0) is 15.5. The quantitative estimate of drug-likeness (QED) is 0.839. The number of cyclic esters (lactones) is 1. The van der Waals surface area contributed by atoms with E-state index in [0.717, 1.165) is 15.7 Å². The van der Waals surface area contributed by atoms with Gasteiger partial charge < -0.3 is 14.5 Å². The van der Waals surface area contributed by atoms with Crippen LogP contribution in [-0.2, 0) is 4.74 Å². The molecular weight excluding hydrogens is 324 g/mol. The molecule has 116 valence electrons. The van der Waals surface area contributed by atoms with Crippen molar-refractivity contribution in [1.29, 1.82) is 0 Å². The highest BCUT2D eigenvalue weighted by Gasteiger charge is 2.22. The van der Waals surface area contributed by atoms with Crippen molar-refractivity contribution in [2.24, 2.45) is 0 Å². The number of halogens is 1. The maximum atomic E-state index is 11.4. The number of hydrogen-bond acceptors (Lipinski definition) is 6. The van der Waals surface area contributed by atoms with Crippen LogP contribution >= 0.6 is 22.9 Å². The van der Waals surface area contributed by atoms with E-state index < -0.39 is 0 Å². The van der Waals surface area contributed by atoms with Gasteiger partial charge in [0.05, 0.1) is 11.6 Å². The molecule has 6 nitrogen and oxygen atoms in total. The number of aromatic nitrogens is 2. The number of carbonyl (C=O) groups is 1. The van der Waals surface area contributed by atoms with Crippen LogP contribution < -0.4 is 4.90 Å². The molecule has 0 bridgehead atoms. The van der Waals surface area contributed by atoms with Gasteiger partial charge in [0.15, 0.2) is 5.01 Å². The lowest BCUT2D eigenvalue weighted by Gasteiger charge is -2.18. The van der Waals surface area contributed by atoms with E-state index in [-0.39, 0.29) is 6.09 Å². The molecule has 1 fully saturated rings. The Balaban J connectivity index is 1.65. The fourth-order valence-corrected chi connectivity index (χ4v) is 3.26. The van der Waals surface area contributed by atoms with Crippen molar-refractivity contribution < 1.29 is 9.53 Å². The van der Waals surface area contributed by atoms with Crippen LogP contribution in [0.25, 0.3) is 10.6 Å². The second kappa shape index (κ2) is 6.50. The van der Waals surface area contributed by atoms with Gasteiger partial charge >= 0.3 is 6.09 Å². The average Bonchev–Trinajstić information content (AvgIpc) is 3.14. The SMILES string of the molecule is CN(CCN1CCOC1=O)c1nnc(-c2ccccc2Cl)s1. The summed E-state index contributed by atoms with van der Waals surface area (Å²) in [6.45, 7) is 2.40. The maximum absolute atomic E-state index is 11.4. The van der Waals surface area contributed by atoms with Crippen molar-refractivity contribution in [1.82, 2.24) is 15.1 Å². The first kappa shape index (κ1) is 15.1. The van der Waals surface area contributed by atoms with Gasteiger partial charge in [-0.3, -0.25) is 0 Å². The summed E-state index contributed by atoms with van der Waals surface area (Å²) in [7, 11) is 1.93. The van der Waals surface area contributed by atoms with E-state index in [1.807, 2.05) is 36.2 Å². The second-order valence-electron chi connectivity index (χ2n) is 4.89. The monoisotopic (exact) mass is 338 g/mol. The first-order chi connectivity index (χ1) is 10.6. The second-order valence-corrected chi connectivity index (χ2v) is 6.26. The van der Waals surface area contributed by atoms with Crippen LogP contribution in [0.1, 0.15) is 0 Å². The molecule has 1 aromatic carbocycles. The van der Waals surface area contributed by atoms with E-state index in [9.17, 15) is 4.79 Å². The summed E-state index contributed by atoms with van der Waals surface area (Å²) in [6.07, 6.45) is -0.248. The summed E-state index contributed by atoms with van der Waals surface area (Å²) in [5, 5.41) is 10.6. The molecule has 3 rings (SSSR count). The highest BCUT2D eigenvalue weighted by atomic mass is 35.5. The number of anilines is 1. The molecule has 1 aliphatic heterocycles. The highest BCUT2D eigenvalue weighted by molar-refractivity contribution is 7.18. The normalized spacial score (nSPS) is 14.3. The average molecular weight is 339 g/mol. The summed E-state index contributed by atoms with van der Waals surface area (Å²) in [4.78, 5) is 15.1. The number of likely N-dealkylation sites (N-methyl/N-ethyl adjacent to an activating group) is 1. The van der Waals surface area contributed by atoms with Crippen LogP contribution in [0.3, 0.4) is 0 Å². The Hall–Kier alpha value is -1.86. The number of ether oxygens (including phenoxy) is 1. The Labute approximate surface area is 137 Å². The molecule has 1 saturated heterocycles. The molecule has 22 heavy (non-hydrogen) atoms. The van der Waals surface area contributed by atoms with E-state index in [2.05, 4.69) is 10.2 Å². The molecule has 0 atom stereocenters. The van der Waals surface area contributed by atoms with Crippen molar-refractivity contribution in [3.05, 3.63) is 29.3 Å². The van der Waals surface area contributed by atoms with Gasteiger partial charge in [0.25, 0.3) is 0 Å². The standard InChI is InChI=1S/C14H15ClN4O2S/c1-18(6-7-19-8-9-21-14(19)20)13-17-16-12(22-13)10-4-2-3-5-11(10)15/h2-5H,6-9H2,1H3. The molecule has 2 aromatic rings. The van der Waals surface area contributed by atoms with Crippen LogP contribution in [0.15, 0.2) is 24.3 Å². The van der Waals surface area contributed by atoms with E-state index in [1.54, 1.807) is 4.90 Å². The van der Waals surface area contributed by atoms with Gasteiger partial charge in [0.2, 0.25) is 5.13 Å². The minimum Gasteiger partial charge on any atom is -0.448 e. The molecule has 0 unspecified atom stereocenters. The largest absolute Gasteiger partial charge is 0.448 e. The third-order valence-corrected chi connectivity index (χ3v) is 4.80. The van der Waals surface area contributed by atoms with Crippen molar-refractivity contribution in [2.75, 3.05) is 38.2 Å². The number of rotatable bonds is 5. The molecule has 0 spiro atoms. The molecule has 1 aliphatic rings. The van der Waals surface area contributed by atoms with Crippen LogP contribution in [0, 0.1) is 0 Å². The van der Waals surface area contributed by atoms with Gasteiger partial charge in [-0.05, 0) is 6.07 Å². The fourth-order valence-electron chi connectivity index (χ4n) is 2.11. The van der Waals surface area contributed by atoms with Gasteiger partial charge in [-0.15, -0.1) is 10.2 Å². The van der Waals surface area contributed by atoms with Gasteiger partial charge in [-0.25, -0.2) is 4.79 Å². The lowest BCUT2D eigenvalue weighted by molar-refractivity contribution is 0.159. The van der Waals surface area contributed by atoms with Crippen LogP contribution in [-0.4, -0.2) is 54.5 Å². The summed E-state index contributed by atoms with van der Waals surface area (Å²) >= 11 is 7.65. The lowest BCUT2D eigenvalue weighted by atomic mass is 10.2. The van der Waals surface area contributed by atoms with E-state index in [0.29, 0.717) is 31.3 Å². The van der Waals surface area contributed by atoms with Crippen molar-refractivity contribution in [3.8, 4) is 10.6 Å². The fraction of sp³-hybridized carbons (Fsp3) is 0.357. The molecule has 0 N–H and O–H groups in total. The first-order valence-electron chi connectivity index (χ1n) is 6.86. The number of benzene rings is 1. The third-order valence-electron chi connectivity index (χ3n) is 3.40. The van der Waals surface area contributed by atoms with Gasteiger partial charge in [-0.1, -0.05) is 41.1 Å². The molecule has 8 heteroatoms. The summed E-state index contributed by atoms with van der Waals surface area (Å²) < 4.78 is 4.91. The number of hydrogen-bond donors (Lipinski definition) is 0. The predicted molar refractivity (Wildman–Crippen MR) is 86.5 cm³/mol. The van der Waals surface area contributed by atoms with Crippen LogP contribution in [0.5, 0.6) is 0 Å². The Morgan fingerprint density at radius 3 is 2.95 bits per heavy atom. The Kier molecular flexibility index (Phi) is 4.44. The Morgan fingerprint density at radius 1 is 1.41 bits per heavy atom. The Morgan fingerprint density at radius 2 is 2.23 bits per heavy atom.